The van der Waals surface area contributed by atoms with Crippen molar-refractivity contribution < 1.29 is 9.26 Å². The number of hydrogen-bond acceptors (Lipinski definition) is 7. The molecule has 1 saturated heterocycles. The molecule has 1 saturated carbocycles. The largest absolute Gasteiger partial charge is 0.379 e. The van der Waals surface area contributed by atoms with Crippen LogP contribution >= 0.6 is 0 Å². The maximum absolute atomic E-state index is 5.83. The Labute approximate surface area is 166 Å². The van der Waals surface area contributed by atoms with E-state index in [9.17, 15) is 0 Å². The summed E-state index contributed by atoms with van der Waals surface area (Å²) in [5, 5.41) is 7.77. The number of fused-ring (bicyclic) bond motifs is 1. The first-order valence-electron chi connectivity index (χ1n) is 10.3. The summed E-state index contributed by atoms with van der Waals surface area (Å²) < 4.78 is 11.2. The topological polar surface area (TPSA) is 76.3 Å². The van der Waals surface area contributed by atoms with Gasteiger partial charge in [-0.1, -0.05) is 25.1 Å². The van der Waals surface area contributed by atoms with Crippen molar-refractivity contribution in [1.82, 2.24) is 20.0 Å². The Morgan fingerprint density at radius 3 is 2.79 bits per heavy atom. The molecule has 0 radical (unpaired) electrons. The minimum atomic E-state index is 0.214. The molecule has 0 unspecified atom stereocenters. The van der Waals surface area contributed by atoms with Gasteiger partial charge in [0.2, 0.25) is 5.89 Å². The highest BCUT2D eigenvalue weighted by Gasteiger charge is 2.42. The molecule has 1 aliphatic carbocycles. The number of methoxy groups -OCH3 is 1. The molecule has 3 heterocycles. The zero-order chi connectivity index (χ0) is 19.5. The van der Waals surface area contributed by atoms with Crippen LogP contribution in [0, 0.1) is 17.8 Å². The SMILES string of the molecule is CO[C@@H]1C[C@H]2CN(Cc3noc(CC(C)C)n3)C[C@H]2C[C@H]1Nc1ccccn1. The maximum Gasteiger partial charge on any atom is 0.226 e. The van der Waals surface area contributed by atoms with Crippen LogP contribution in [-0.4, -0.2) is 52.4 Å². The van der Waals surface area contributed by atoms with E-state index >= 15 is 0 Å². The van der Waals surface area contributed by atoms with Crippen molar-refractivity contribution in [2.45, 2.75) is 51.8 Å². The van der Waals surface area contributed by atoms with E-state index in [1.165, 1.54) is 0 Å². The van der Waals surface area contributed by atoms with E-state index in [1.807, 2.05) is 31.5 Å². The van der Waals surface area contributed by atoms with Gasteiger partial charge in [0.1, 0.15) is 5.82 Å². The molecule has 1 N–H and O–H groups in total. The van der Waals surface area contributed by atoms with Crippen LogP contribution in [0.4, 0.5) is 5.82 Å². The lowest BCUT2D eigenvalue weighted by Gasteiger charge is -2.37. The van der Waals surface area contributed by atoms with Crippen LogP contribution in [0.25, 0.3) is 0 Å². The molecule has 0 amide bonds. The second kappa shape index (κ2) is 8.57. The van der Waals surface area contributed by atoms with Crippen molar-refractivity contribution in [1.29, 1.82) is 0 Å². The molecule has 0 bridgehead atoms. The first-order chi connectivity index (χ1) is 13.6. The maximum atomic E-state index is 5.83. The summed E-state index contributed by atoms with van der Waals surface area (Å²) in [5.74, 6) is 4.33. The van der Waals surface area contributed by atoms with Crippen LogP contribution < -0.4 is 5.32 Å². The van der Waals surface area contributed by atoms with E-state index < -0.39 is 0 Å². The Balaban J connectivity index is 1.36. The van der Waals surface area contributed by atoms with Gasteiger partial charge in [0.15, 0.2) is 5.82 Å². The molecule has 2 fully saturated rings. The molecule has 28 heavy (non-hydrogen) atoms. The molecule has 7 heteroatoms. The number of rotatable bonds is 7. The van der Waals surface area contributed by atoms with Crippen LogP contribution in [0.15, 0.2) is 28.9 Å². The van der Waals surface area contributed by atoms with Gasteiger partial charge in [0, 0.05) is 32.8 Å². The van der Waals surface area contributed by atoms with Crippen LogP contribution in [0.1, 0.15) is 38.4 Å². The van der Waals surface area contributed by atoms with Crippen LogP contribution in [-0.2, 0) is 17.7 Å². The quantitative estimate of drug-likeness (QED) is 0.785. The number of likely N-dealkylation sites (tertiary alicyclic amines) is 1. The normalized spacial score (nSPS) is 27.9. The summed E-state index contributed by atoms with van der Waals surface area (Å²) in [6.45, 7) is 7.25. The van der Waals surface area contributed by atoms with Crippen molar-refractivity contribution in [2.24, 2.45) is 17.8 Å². The van der Waals surface area contributed by atoms with E-state index in [0.29, 0.717) is 23.8 Å². The highest BCUT2D eigenvalue weighted by Crippen LogP contribution is 2.38. The van der Waals surface area contributed by atoms with Crippen molar-refractivity contribution >= 4 is 5.82 Å². The smallest absolute Gasteiger partial charge is 0.226 e. The zero-order valence-corrected chi connectivity index (χ0v) is 17.0. The average molecular weight is 386 g/mol. The molecule has 2 aromatic rings. The number of ether oxygens (including phenoxy) is 1. The molecule has 7 nitrogen and oxygen atoms in total. The number of nitrogens with zero attached hydrogens (tertiary/aromatic N) is 4. The summed E-state index contributed by atoms with van der Waals surface area (Å²) >= 11 is 0. The summed E-state index contributed by atoms with van der Waals surface area (Å²) in [7, 11) is 1.82. The number of nitrogens with one attached hydrogen (secondary N) is 1. The minimum absolute atomic E-state index is 0.214. The lowest BCUT2D eigenvalue weighted by molar-refractivity contribution is 0.0304. The molecular formula is C21H31N5O2. The molecule has 0 spiro atoms. The Bertz CT molecular complexity index is 750. The van der Waals surface area contributed by atoms with Crippen molar-refractivity contribution in [3.63, 3.8) is 0 Å². The Kier molecular flexibility index (Phi) is 5.92. The van der Waals surface area contributed by atoms with Gasteiger partial charge in [0.05, 0.1) is 18.7 Å². The third kappa shape index (κ3) is 4.52. The van der Waals surface area contributed by atoms with Gasteiger partial charge in [-0.3, -0.25) is 4.90 Å². The van der Waals surface area contributed by atoms with Crippen molar-refractivity contribution in [3.05, 3.63) is 36.1 Å². The Hall–Kier alpha value is -1.99. The fourth-order valence-electron chi connectivity index (χ4n) is 4.68. The molecule has 2 aromatic heterocycles. The highest BCUT2D eigenvalue weighted by molar-refractivity contribution is 5.35. The molecule has 4 atom stereocenters. The third-order valence-corrected chi connectivity index (χ3v) is 5.95. The standard InChI is InChI=1S/C21H31N5O2/c1-14(2)8-21-24-20(25-28-21)13-26-11-15-9-17(18(27-3)10-16(15)12-26)23-19-6-4-5-7-22-19/h4-7,14-18H,8-13H2,1-3H3,(H,22,23)/t15-,16+,17-,18-/m1/s1. The van der Waals surface area contributed by atoms with Gasteiger partial charge in [0.25, 0.3) is 0 Å². The van der Waals surface area contributed by atoms with Gasteiger partial charge >= 0.3 is 0 Å². The molecule has 4 rings (SSSR count). The van der Waals surface area contributed by atoms with Gasteiger partial charge in [-0.05, 0) is 42.7 Å². The van der Waals surface area contributed by atoms with Gasteiger partial charge < -0.3 is 14.6 Å². The van der Waals surface area contributed by atoms with Gasteiger partial charge in [-0.2, -0.15) is 4.98 Å². The molecule has 152 valence electrons. The van der Waals surface area contributed by atoms with E-state index in [0.717, 1.165) is 56.4 Å². The number of pyridine rings is 1. The van der Waals surface area contributed by atoms with Crippen molar-refractivity contribution in [3.8, 4) is 0 Å². The molecular weight excluding hydrogens is 354 g/mol. The lowest BCUT2D eigenvalue weighted by atomic mass is 9.77. The Morgan fingerprint density at radius 2 is 2.07 bits per heavy atom. The number of hydrogen-bond donors (Lipinski definition) is 1. The predicted octanol–water partition coefficient (Wildman–Crippen LogP) is 3.00. The summed E-state index contributed by atoms with van der Waals surface area (Å²) in [6.07, 6.45) is 5.06. The van der Waals surface area contributed by atoms with E-state index in [2.05, 4.69) is 39.2 Å². The Morgan fingerprint density at radius 1 is 1.25 bits per heavy atom. The highest BCUT2D eigenvalue weighted by atomic mass is 16.5. The molecule has 1 aliphatic heterocycles. The minimum Gasteiger partial charge on any atom is -0.379 e. The first-order valence-corrected chi connectivity index (χ1v) is 10.3. The van der Waals surface area contributed by atoms with Gasteiger partial charge in [-0.15, -0.1) is 0 Å². The second-order valence-corrected chi connectivity index (χ2v) is 8.63. The average Bonchev–Trinajstić information content (AvgIpc) is 3.27. The summed E-state index contributed by atoms with van der Waals surface area (Å²) in [4.78, 5) is 11.5. The summed E-state index contributed by atoms with van der Waals surface area (Å²) in [5.41, 5.74) is 0. The van der Waals surface area contributed by atoms with E-state index in [1.54, 1.807) is 0 Å². The van der Waals surface area contributed by atoms with E-state index in [4.69, 9.17) is 9.26 Å². The first kappa shape index (κ1) is 19.3. The van der Waals surface area contributed by atoms with Gasteiger partial charge in [-0.25, -0.2) is 4.98 Å². The number of aromatic nitrogens is 3. The van der Waals surface area contributed by atoms with Crippen LogP contribution in [0.2, 0.25) is 0 Å². The monoisotopic (exact) mass is 385 g/mol. The summed E-state index contributed by atoms with van der Waals surface area (Å²) in [6, 6.07) is 6.27. The van der Waals surface area contributed by atoms with Crippen molar-refractivity contribution in [2.75, 3.05) is 25.5 Å². The third-order valence-electron chi connectivity index (χ3n) is 5.95. The fourth-order valence-corrected chi connectivity index (χ4v) is 4.68. The van der Waals surface area contributed by atoms with Crippen LogP contribution in [0.3, 0.4) is 0 Å². The predicted molar refractivity (Wildman–Crippen MR) is 107 cm³/mol. The fraction of sp³-hybridized carbons (Fsp3) is 0.667. The lowest BCUT2D eigenvalue weighted by Crippen LogP contribution is -2.44. The number of anilines is 1. The van der Waals surface area contributed by atoms with Crippen LogP contribution in [0.5, 0.6) is 0 Å². The second-order valence-electron chi connectivity index (χ2n) is 8.63. The molecule has 2 aliphatic rings. The molecule has 0 aromatic carbocycles. The van der Waals surface area contributed by atoms with E-state index in [-0.39, 0.29) is 6.10 Å². The zero-order valence-electron chi connectivity index (χ0n) is 17.0.